The minimum absolute atomic E-state index is 0.107. The Hall–Kier alpha value is -1.75. The number of hydrogen-bond donors (Lipinski definition) is 1. The van der Waals surface area contributed by atoms with E-state index in [0.717, 1.165) is 42.6 Å². The second-order valence-corrected chi connectivity index (χ2v) is 6.26. The van der Waals surface area contributed by atoms with Crippen LogP contribution in [0.25, 0.3) is 0 Å². The van der Waals surface area contributed by atoms with Gasteiger partial charge in [-0.1, -0.05) is 13.0 Å². The van der Waals surface area contributed by atoms with Gasteiger partial charge in [0.2, 0.25) is 12.7 Å². The molecule has 22 heavy (non-hydrogen) atoms. The van der Waals surface area contributed by atoms with E-state index in [4.69, 9.17) is 9.47 Å². The van der Waals surface area contributed by atoms with Crippen molar-refractivity contribution in [1.82, 2.24) is 10.2 Å². The molecule has 0 aromatic heterocycles. The molecule has 2 aliphatic heterocycles. The normalized spacial score (nSPS) is 20.9. The lowest BCUT2D eigenvalue weighted by molar-refractivity contribution is -0.121. The fraction of sp³-hybridized carbons (Fsp3) is 0.588. The summed E-state index contributed by atoms with van der Waals surface area (Å²) in [4.78, 5) is 14.4. The highest BCUT2D eigenvalue weighted by Gasteiger charge is 2.17. The molecule has 1 amide bonds. The molecule has 1 aromatic carbocycles. The molecule has 5 nitrogen and oxygen atoms in total. The van der Waals surface area contributed by atoms with Crippen LogP contribution in [-0.4, -0.2) is 37.2 Å². The van der Waals surface area contributed by atoms with Crippen LogP contribution in [0.15, 0.2) is 18.2 Å². The lowest BCUT2D eigenvalue weighted by atomic mass is 10.0. The summed E-state index contributed by atoms with van der Waals surface area (Å²) < 4.78 is 10.6. The van der Waals surface area contributed by atoms with E-state index in [0.29, 0.717) is 13.0 Å². The zero-order chi connectivity index (χ0) is 15.4. The van der Waals surface area contributed by atoms with Crippen molar-refractivity contribution in [3.63, 3.8) is 0 Å². The second kappa shape index (κ2) is 7.01. The lowest BCUT2D eigenvalue weighted by Crippen LogP contribution is -2.37. The summed E-state index contributed by atoms with van der Waals surface area (Å²) in [7, 11) is 0. The summed E-state index contributed by atoms with van der Waals surface area (Å²) >= 11 is 0. The number of hydrogen-bond acceptors (Lipinski definition) is 4. The third-order valence-electron chi connectivity index (χ3n) is 4.32. The number of rotatable bonds is 5. The zero-order valence-electron chi connectivity index (χ0n) is 13.1. The fourth-order valence-electron chi connectivity index (χ4n) is 3.09. The molecule has 5 heteroatoms. The molecule has 0 spiro atoms. The van der Waals surface area contributed by atoms with Crippen molar-refractivity contribution in [1.29, 1.82) is 0 Å². The van der Waals surface area contributed by atoms with Crippen LogP contribution >= 0.6 is 0 Å². The van der Waals surface area contributed by atoms with Gasteiger partial charge in [0.15, 0.2) is 11.5 Å². The predicted octanol–water partition coefficient (Wildman–Crippen LogP) is 2.15. The summed E-state index contributed by atoms with van der Waals surface area (Å²) in [5.41, 5.74) is 1.03. The van der Waals surface area contributed by atoms with E-state index >= 15 is 0 Å². The first-order valence-electron chi connectivity index (χ1n) is 8.08. The van der Waals surface area contributed by atoms with Crippen molar-refractivity contribution < 1.29 is 14.3 Å². The topological polar surface area (TPSA) is 50.8 Å². The summed E-state index contributed by atoms with van der Waals surface area (Å²) in [5.74, 6) is 2.39. The van der Waals surface area contributed by atoms with Crippen LogP contribution in [0.2, 0.25) is 0 Å². The lowest BCUT2D eigenvalue weighted by Gasteiger charge is -2.30. The van der Waals surface area contributed by atoms with Crippen molar-refractivity contribution in [3.8, 4) is 11.5 Å². The van der Waals surface area contributed by atoms with Crippen molar-refractivity contribution in [2.45, 2.75) is 32.7 Å². The van der Waals surface area contributed by atoms with E-state index in [1.165, 1.54) is 12.8 Å². The molecule has 0 saturated carbocycles. The Balaban J connectivity index is 1.40. The first kappa shape index (κ1) is 15.2. The van der Waals surface area contributed by atoms with Crippen LogP contribution in [-0.2, 0) is 11.3 Å². The molecule has 1 saturated heterocycles. The SMILES string of the molecule is CC1CCCN(CCC(=O)NCc2ccc3c(c2)OCO3)C1. The van der Waals surface area contributed by atoms with Crippen molar-refractivity contribution in [2.75, 3.05) is 26.4 Å². The van der Waals surface area contributed by atoms with Crippen LogP contribution in [0.5, 0.6) is 11.5 Å². The molecule has 2 aliphatic rings. The number of nitrogens with one attached hydrogen (secondary N) is 1. The fourth-order valence-corrected chi connectivity index (χ4v) is 3.09. The molecule has 1 unspecified atom stereocenters. The van der Waals surface area contributed by atoms with Crippen LogP contribution in [0.4, 0.5) is 0 Å². The summed E-state index contributed by atoms with van der Waals surface area (Å²) in [6.07, 6.45) is 3.13. The smallest absolute Gasteiger partial charge is 0.231 e. The largest absolute Gasteiger partial charge is 0.454 e. The van der Waals surface area contributed by atoms with E-state index in [1.807, 2.05) is 18.2 Å². The predicted molar refractivity (Wildman–Crippen MR) is 83.9 cm³/mol. The second-order valence-electron chi connectivity index (χ2n) is 6.26. The average Bonchev–Trinajstić information content (AvgIpc) is 2.98. The Kier molecular flexibility index (Phi) is 4.83. The van der Waals surface area contributed by atoms with Gasteiger partial charge in [-0.25, -0.2) is 0 Å². The van der Waals surface area contributed by atoms with Gasteiger partial charge in [-0.2, -0.15) is 0 Å². The van der Waals surface area contributed by atoms with Gasteiger partial charge in [-0.15, -0.1) is 0 Å². The van der Waals surface area contributed by atoms with Gasteiger partial charge in [0.1, 0.15) is 0 Å². The molecular formula is C17H24N2O3. The summed E-state index contributed by atoms with van der Waals surface area (Å²) in [5, 5.41) is 2.98. The van der Waals surface area contributed by atoms with Gasteiger partial charge in [0.05, 0.1) is 0 Å². The molecule has 0 bridgehead atoms. The van der Waals surface area contributed by atoms with Gasteiger partial charge in [0, 0.05) is 26.1 Å². The number of carbonyl (C=O) groups excluding carboxylic acids is 1. The van der Waals surface area contributed by atoms with Gasteiger partial charge in [-0.05, 0) is 43.0 Å². The van der Waals surface area contributed by atoms with E-state index in [1.54, 1.807) is 0 Å². The minimum atomic E-state index is 0.107. The molecule has 3 rings (SSSR count). The third kappa shape index (κ3) is 3.91. The summed E-state index contributed by atoms with van der Waals surface area (Å²) in [6, 6.07) is 5.77. The van der Waals surface area contributed by atoms with E-state index in [2.05, 4.69) is 17.1 Å². The molecule has 1 fully saturated rings. The molecule has 120 valence electrons. The third-order valence-corrected chi connectivity index (χ3v) is 4.32. The minimum Gasteiger partial charge on any atom is -0.454 e. The molecule has 1 aromatic rings. The van der Waals surface area contributed by atoms with Gasteiger partial charge >= 0.3 is 0 Å². The first-order chi connectivity index (χ1) is 10.7. The van der Waals surface area contributed by atoms with Crippen LogP contribution in [0.1, 0.15) is 31.7 Å². The average molecular weight is 304 g/mol. The van der Waals surface area contributed by atoms with Crippen molar-refractivity contribution in [2.24, 2.45) is 5.92 Å². The first-order valence-corrected chi connectivity index (χ1v) is 8.08. The van der Waals surface area contributed by atoms with E-state index in [9.17, 15) is 4.79 Å². The maximum absolute atomic E-state index is 12.0. The van der Waals surface area contributed by atoms with Gasteiger partial charge in [0.25, 0.3) is 0 Å². The van der Waals surface area contributed by atoms with Crippen LogP contribution < -0.4 is 14.8 Å². The quantitative estimate of drug-likeness (QED) is 0.905. The maximum atomic E-state index is 12.0. The molecule has 0 aliphatic carbocycles. The number of nitrogens with zero attached hydrogens (tertiary/aromatic N) is 1. The Labute approximate surface area is 131 Å². The Bertz CT molecular complexity index is 533. The summed E-state index contributed by atoms with van der Waals surface area (Å²) in [6.45, 7) is 6.20. The highest BCUT2D eigenvalue weighted by atomic mass is 16.7. The number of fused-ring (bicyclic) bond motifs is 1. The van der Waals surface area contributed by atoms with Crippen LogP contribution in [0.3, 0.4) is 0 Å². The number of benzene rings is 1. The van der Waals surface area contributed by atoms with E-state index < -0.39 is 0 Å². The Morgan fingerprint density at radius 1 is 1.36 bits per heavy atom. The van der Waals surface area contributed by atoms with Gasteiger partial charge < -0.3 is 19.7 Å². The van der Waals surface area contributed by atoms with Crippen LogP contribution in [0, 0.1) is 5.92 Å². The standard InChI is InChI=1S/C17H24N2O3/c1-13-3-2-7-19(11-13)8-6-17(20)18-10-14-4-5-15-16(9-14)22-12-21-15/h4-5,9,13H,2-3,6-8,10-12H2,1H3,(H,18,20). The number of ether oxygens (including phenoxy) is 2. The number of piperidine rings is 1. The van der Waals surface area contributed by atoms with Gasteiger partial charge in [-0.3, -0.25) is 4.79 Å². The molecule has 2 heterocycles. The number of carbonyl (C=O) groups is 1. The number of amides is 1. The number of likely N-dealkylation sites (tertiary alicyclic amines) is 1. The molecule has 1 atom stereocenters. The molecular weight excluding hydrogens is 280 g/mol. The Morgan fingerprint density at radius 3 is 3.09 bits per heavy atom. The highest BCUT2D eigenvalue weighted by Crippen LogP contribution is 2.32. The monoisotopic (exact) mass is 304 g/mol. The van der Waals surface area contributed by atoms with Crippen molar-refractivity contribution in [3.05, 3.63) is 23.8 Å². The molecule has 1 N–H and O–H groups in total. The highest BCUT2D eigenvalue weighted by molar-refractivity contribution is 5.76. The molecule has 0 radical (unpaired) electrons. The Morgan fingerprint density at radius 2 is 2.23 bits per heavy atom. The van der Waals surface area contributed by atoms with E-state index in [-0.39, 0.29) is 12.7 Å². The zero-order valence-corrected chi connectivity index (χ0v) is 13.1. The maximum Gasteiger partial charge on any atom is 0.231 e. The van der Waals surface area contributed by atoms with Crippen molar-refractivity contribution >= 4 is 5.91 Å².